The van der Waals surface area contributed by atoms with Gasteiger partial charge < -0.3 is 5.32 Å². The minimum atomic E-state index is -0.540. The minimum absolute atomic E-state index is 0.0353. The number of nitrogens with zero attached hydrogens (tertiary/aromatic N) is 1. The Morgan fingerprint density at radius 2 is 2.19 bits per heavy atom. The Labute approximate surface area is 98.4 Å². The molecule has 0 unspecified atom stereocenters. The molecule has 0 saturated carbocycles. The number of aromatic amines is 1. The zero-order chi connectivity index (χ0) is 12.0. The van der Waals surface area contributed by atoms with E-state index >= 15 is 0 Å². The van der Waals surface area contributed by atoms with E-state index in [1.165, 1.54) is 10.8 Å². The molecule has 1 rings (SSSR count). The van der Waals surface area contributed by atoms with Gasteiger partial charge in [-0.3, -0.25) is 14.3 Å². The molecule has 1 aromatic heterocycles. The van der Waals surface area contributed by atoms with Gasteiger partial charge in [0.05, 0.1) is 0 Å². The van der Waals surface area contributed by atoms with Crippen LogP contribution < -0.4 is 16.6 Å². The van der Waals surface area contributed by atoms with E-state index in [1.807, 2.05) is 0 Å². The molecule has 0 spiro atoms. The summed E-state index contributed by atoms with van der Waals surface area (Å²) in [5.74, 6) is 0. The number of hydrogen-bond acceptors (Lipinski definition) is 3. The molecule has 0 aliphatic rings. The van der Waals surface area contributed by atoms with Crippen molar-refractivity contribution < 1.29 is 0 Å². The van der Waals surface area contributed by atoms with E-state index in [4.69, 9.17) is 11.6 Å². The Balaban J connectivity index is 2.51. The van der Waals surface area contributed by atoms with Gasteiger partial charge in [0.1, 0.15) is 5.02 Å². The molecule has 0 amide bonds. The number of nitrogens with one attached hydrogen (secondary N) is 2. The lowest BCUT2D eigenvalue weighted by atomic mass is 10.3. The molecule has 0 radical (unpaired) electrons. The summed E-state index contributed by atoms with van der Waals surface area (Å²) in [5.41, 5.74) is -0.964. The zero-order valence-corrected chi connectivity index (χ0v) is 10.0. The second kappa shape index (κ2) is 6.50. The van der Waals surface area contributed by atoms with Gasteiger partial charge in [0.2, 0.25) is 0 Å². The van der Waals surface area contributed by atoms with Gasteiger partial charge in [0.25, 0.3) is 5.56 Å². The van der Waals surface area contributed by atoms with E-state index in [9.17, 15) is 9.59 Å². The third-order valence-electron chi connectivity index (χ3n) is 2.20. The Hall–Kier alpha value is -1.07. The van der Waals surface area contributed by atoms with E-state index in [2.05, 4.69) is 17.2 Å². The largest absolute Gasteiger partial charge is 0.328 e. The number of H-pyrrole nitrogens is 1. The van der Waals surface area contributed by atoms with Crippen molar-refractivity contribution in [3.05, 3.63) is 32.1 Å². The van der Waals surface area contributed by atoms with Crippen LogP contribution in [0.3, 0.4) is 0 Å². The lowest BCUT2D eigenvalue weighted by molar-refractivity contribution is 0.562. The molecule has 0 aliphatic heterocycles. The summed E-state index contributed by atoms with van der Waals surface area (Å²) in [5, 5.41) is 3.24. The number of hydrogen-bond donors (Lipinski definition) is 2. The predicted octanol–water partition coefficient (Wildman–Crippen LogP) is 0.580. The van der Waals surface area contributed by atoms with Gasteiger partial charge in [-0.05, 0) is 13.0 Å². The number of unbranched alkanes of at least 4 members (excludes halogenated alkanes) is 1. The number of rotatable bonds is 6. The fourth-order valence-electron chi connectivity index (χ4n) is 1.28. The molecular formula is C10H16ClN3O2. The fourth-order valence-corrected chi connectivity index (χ4v) is 1.44. The molecule has 16 heavy (non-hydrogen) atoms. The zero-order valence-electron chi connectivity index (χ0n) is 9.25. The average Bonchev–Trinajstić information content (AvgIpc) is 2.25. The number of aromatic nitrogens is 2. The minimum Gasteiger partial charge on any atom is -0.315 e. The van der Waals surface area contributed by atoms with Crippen LogP contribution in [0.4, 0.5) is 0 Å². The predicted molar refractivity (Wildman–Crippen MR) is 64.1 cm³/mol. The van der Waals surface area contributed by atoms with Crippen molar-refractivity contribution in [2.24, 2.45) is 0 Å². The van der Waals surface area contributed by atoms with Crippen LogP contribution in [0.15, 0.2) is 15.8 Å². The van der Waals surface area contributed by atoms with E-state index in [0.29, 0.717) is 13.1 Å². The molecule has 0 bridgehead atoms. The third-order valence-corrected chi connectivity index (χ3v) is 2.47. The van der Waals surface area contributed by atoms with Gasteiger partial charge in [0.15, 0.2) is 0 Å². The quantitative estimate of drug-likeness (QED) is 0.721. The maximum Gasteiger partial charge on any atom is 0.328 e. The molecule has 6 heteroatoms. The molecule has 5 nitrogen and oxygen atoms in total. The van der Waals surface area contributed by atoms with Crippen molar-refractivity contribution in [1.82, 2.24) is 14.9 Å². The summed E-state index contributed by atoms with van der Waals surface area (Å²) in [7, 11) is 0. The monoisotopic (exact) mass is 245 g/mol. The van der Waals surface area contributed by atoms with Gasteiger partial charge in [-0.15, -0.1) is 0 Å². The van der Waals surface area contributed by atoms with Gasteiger partial charge in [-0.25, -0.2) is 4.79 Å². The van der Waals surface area contributed by atoms with Gasteiger partial charge in [0, 0.05) is 19.3 Å². The second-order valence-electron chi connectivity index (χ2n) is 3.53. The molecule has 0 saturated heterocycles. The van der Waals surface area contributed by atoms with E-state index in [0.717, 1.165) is 19.4 Å². The van der Waals surface area contributed by atoms with Crippen molar-refractivity contribution in [2.75, 3.05) is 13.1 Å². The molecule has 1 heterocycles. The van der Waals surface area contributed by atoms with E-state index in [-0.39, 0.29) is 5.02 Å². The van der Waals surface area contributed by atoms with Gasteiger partial charge in [-0.1, -0.05) is 24.9 Å². The second-order valence-corrected chi connectivity index (χ2v) is 3.94. The van der Waals surface area contributed by atoms with Crippen LogP contribution in [-0.4, -0.2) is 22.6 Å². The van der Waals surface area contributed by atoms with Crippen LogP contribution in [0.25, 0.3) is 0 Å². The SMILES string of the molecule is CCCCNCCn1cc(Cl)c(=O)[nH]c1=O. The molecule has 0 fully saturated rings. The summed E-state index contributed by atoms with van der Waals surface area (Å²) in [4.78, 5) is 24.5. The van der Waals surface area contributed by atoms with Crippen LogP contribution in [0, 0.1) is 0 Å². The maximum absolute atomic E-state index is 11.3. The molecule has 0 aliphatic carbocycles. The van der Waals surface area contributed by atoms with E-state index < -0.39 is 11.2 Å². The topological polar surface area (TPSA) is 66.9 Å². The smallest absolute Gasteiger partial charge is 0.315 e. The van der Waals surface area contributed by atoms with Crippen molar-refractivity contribution in [3.63, 3.8) is 0 Å². The lowest BCUT2D eigenvalue weighted by Crippen LogP contribution is -2.32. The van der Waals surface area contributed by atoms with Crippen LogP contribution >= 0.6 is 11.6 Å². The summed E-state index contributed by atoms with van der Waals surface area (Å²) in [6.45, 7) is 4.23. The molecule has 1 aromatic rings. The van der Waals surface area contributed by atoms with E-state index in [1.54, 1.807) is 0 Å². The Kier molecular flexibility index (Phi) is 5.28. The summed E-state index contributed by atoms with van der Waals surface area (Å²) >= 11 is 5.62. The maximum atomic E-state index is 11.3. The lowest BCUT2D eigenvalue weighted by Gasteiger charge is -2.06. The first-order valence-electron chi connectivity index (χ1n) is 5.35. The first-order chi connectivity index (χ1) is 7.65. The normalized spacial score (nSPS) is 10.6. The first kappa shape index (κ1) is 13.0. The standard InChI is InChI=1S/C10H16ClN3O2/c1-2-3-4-12-5-6-14-7-8(11)9(15)13-10(14)16/h7,12H,2-6H2,1H3,(H,13,15,16). The highest BCUT2D eigenvalue weighted by molar-refractivity contribution is 6.30. The Bertz CT molecular complexity index is 438. The average molecular weight is 246 g/mol. The van der Waals surface area contributed by atoms with Crippen molar-refractivity contribution in [3.8, 4) is 0 Å². The Morgan fingerprint density at radius 1 is 1.44 bits per heavy atom. The highest BCUT2D eigenvalue weighted by Crippen LogP contribution is 1.95. The van der Waals surface area contributed by atoms with Crippen LogP contribution in [0.2, 0.25) is 5.02 Å². The molecule has 2 N–H and O–H groups in total. The Morgan fingerprint density at radius 3 is 2.88 bits per heavy atom. The molecule has 0 aromatic carbocycles. The van der Waals surface area contributed by atoms with Gasteiger partial charge >= 0.3 is 5.69 Å². The van der Waals surface area contributed by atoms with Crippen LogP contribution in [0.5, 0.6) is 0 Å². The number of halogens is 1. The fraction of sp³-hybridized carbons (Fsp3) is 0.600. The van der Waals surface area contributed by atoms with Gasteiger partial charge in [-0.2, -0.15) is 0 Å². The van der Waals surface area contributed by atoms with Crippen LogP contribution in [0.1, 0.15) is 19.8 Å². The summed E-state index contributed by atoms with van der Waals surface area (Å²) in [6.07, 6.45) is 3.61. The molecule has 90 valence electrons. The van der Waals surface area contributed by atoms with Crippen molar-refractivity contribution in [1.29, 1.82) is 0 Å². The highest BCUT2D eigenvalue weighted by Gasteiger charge is 2.01. The summed E-state index contributed by atoms with van der Waals surface area (Å²) in [6, 6.07) is 0. The first-order valence-corrected chi connectivity index (χ1v) is 5.73. The molecular weight excluding hydrogens is 230 g/mol. The third kappa shape index (κ3) is 3.83. The van der Waals surface area contributed by atoms with Crippen LogP contribution in [-0.2, 0) is 6.54 Å². The summed E-state index contributed by atoms with van der Waals surface area (Å²) < 4.78 is 1.39. The molecule has 0 atom stereocenters. The van der Waals surface area contributed by atoms with Crippen molar-refractivity contribution >= 4 is 11.6 Å². The highest BCUT2D eigenvalue weighted by atomic mass is 35.5. The van der Waals surface area contributed by atoms with Crippen molar-refractivity contribution in [2.45, 2.75) is 26.3 Å².